The van der Waals surface area contributed by atoms with Crippen LogP contribution < -0.4 is 4.74 Å². The third-order valence-corrected chi connectivity index (χ3v) is 4.32. The van der Waals surface area contributed by atoms with E-state index < -0.39 is 18.0 Å². The van der Waals surface area contributed by atoms with E-state index in [1.165, 1.54) is 6.08 Å². The van der Waals surface area contributed by atoms with Crippen LogP contribution in [0.15, 0.2) is 48.6 Å². The predicted molar refractivity (Wildman–Crippen MR) is 98.2 cm³/mol. The molecule has 0 N–H and O–H groups in total. The Bertz CT molecular complexity index is 835. The molecule has 1 saturated carbocycles. The lowest BCUT2D eigenvalue weighted by Gasteiger charge is -2.14. The maximum absolute atomic E-state index is 12.5. The second kappa shape index (κ2) is 8.04. The normalized spacial score (nSPS) is 15.0. The summed E-state index contributed by atoms with van der Waals surface area (Å²) in [6, 6.07) is 11.1. The van der Waals surface area contributed by atoms with Crippen molar-refractivity contribution in [1.82, 2.24) is 0 Å². The Hall–Kier alpha value is -2.82. The average Bonchev–Trinajstić information content (AvgIpc) is 3.49. The second-order valence-corrected chi connectivity index (χ2v) is 6.25. The molecule has 136 valence electrons. The fraction of sp³-hybridized carbons (Fsp3) is 0.333. The van der Waals surface area contributed by atoms with Crippen LogP contribution in [0.4, 0.5) is 0 Å². The summed E-state index contributed by atoms with van der Waals surface area (Å²) in [4.78, 5) is 24.0. The molecule has 5 heteroatoms. The van der Waals surface area contributed by atoms with Crippen molar-refractivity contribution in [2.75, 3.05) is 13.7 Å². The van der Waals surface area contributed by atoms with Gasteiger partial charge in [0.2, 0.25) is 0 Å². The van der Waals surface area contributed by atoms with E-state index in [0.717, 1.165) is 29.4 Å². The van der Waals surface area contributed by atoms with Gasteiger partial charge in [0.1, 0.15) is 11.9 Å². The van der Waals surface area contributed by atoms with Crippen molar-refractivity contribution in [2.45, 2.75) is 25.9 Å². The molecule has 0 amide bonds. The number of hydrogen-bond acceptors (Lipinski definition) is 5. The fourth-order valence-electron chi connectivity index (χ4n) is 2.75. The highest BCUT2D eigenvalue weighted by atomic mass is 16.5. The zero-order valence-corrected chi connectivity index (χ0v) is 14.9. The van der Waals surface area contributed by atoms with E-state index in [2.05, 4.69) is 0 Å². The Balaban J connectivity index is 1.73. The van der Waals surface area contributed by atoms with Crippen molar-refractivity contribution in [3.05, 3.63) is 54.1 Å². The first-order chi connectivity index (χ1) is 12.6. The van der Waals surface area contributed by atoms with Gasteiger partial charge in [0, 0.05) is 6.08 Å². The Morgan fingerprint density at radius 3 is 2.58 bits per heavy atom. The summed E-state index contributed by atoms with van der Waals surface area (Å²) >= 11 is 0. The van der Waals surface area contributed by atoms with Crippen molar-refractivity contribution in [1.29, 1.82) is 0 Å². The summed E-state index contributed by atoms with van der Waals surface area (Å²) in [7, 11) is 1.62. The molecule has 0 heterocycles. The van der Waals surface area contributed by atoms with E-state index in [1.54, 1.807) is 32.2 Å². The van der Waals surface area contributed by atoms with Crippen molar-refractivity contribution in [3.63, 3.8) is 0 Å². The van der Waals surface area contributed by atoms with Gasteiger partial charge in [-0.25, -0.2) is 9.59 Å². The van der Waals surface area contributed by atoms with Crippen molar-refractivity contribution in [2.24, 2.45) is 5.92 Å². The zero-order valence-electron chi connectivity index (χ0n) is 14.9. The molecule has 0 saturated heterocycles. The topological polar surface area (TPSA) is 61.8 Å². The van der Waals surface area contributed by atoms with Crippen LogP contribution in [0.1, 0.15) is 30.1 Å². The van der Waals surface area contributed by atoms with E-state index in [0.29, 0.717) is 12.2 Å². The van der Waals surface area contributed by atoms with Gasteiger partial charge in [-0.1, -0.05) is 12.1 Å². The molecular weight excluding hydrogens is 332 g/mol. The van der Waals surface area contributed by atoms with Crippen LogP contribution in [0, 0.1) is 5.92 Å². The number of ether oxygens (including phenoxy) is 3. The Morgan fingerprint density at radius 1 is 1.15 bits per heavy atom. The molecule has 0 unspecified atom stereocenters. The van der Waals surface area contributed by atoms with Gasteiger partial charge in [-0.2, -0.15) is 0 Å². The van der Waals surface area contributed by atoms with Gasteiger partial charge < -0.3 is 14.2 Å². The van der Waals surface area contributed by atoms with Gasteiger partial charge in [-0.15, -0.1) is 0 Å². The molecule has 2 aromatic carbocycles. The average molecular weight is 354 g/mol. The number of benzene rings is 2. The summed E-state index contributed by atoms with van der Waals surface area (Å²) in [6.45, 7) is 2.07. The van der Waals surface area contributed by atoms with E-state index >= 15 is 0 Å². The van der Waals surface area contributed by atoms with E-state index in [4.69, 9.17) is 14.2 Å². The van der Waals surface area contributed by atoms with Crippen LogP contribution in [0.25, 0.3) is 10.8 Å². The molecule has 1 aliphatic carbocycles. The Kier molecular flexibility index (Phi) is 5.56. The largest absolute Gasteiger partial charge is 0.497 e. The molecule has 0 radical (unpaired) electrons. The standard InChI is InChI=1S/C21H22O5/c1-3-25-20(22)11-10-19(14-4-5-14)26-21(23)17-7-6-16-13-18(24-2)9-8-15(16)12-17/h6-14,19H,3-5H2,1-2H3/b11-10+/t19-/m0/s1. The number of carbonyl (C=O) groups is 2. The van der Waals surface area contributed by atoms with Crippen LogP contribution in [0.3, 0.4) is 0 Å². The lowest BCUT2D eigenvalue weighted by Crippen LogP contribution is -2.18. The van der Waals surface area contributed by atoms with Gasteiger partial charge in [-0.05, 0) is 66.8 Å². The maximum Gasteiger partial charge on any atom is 0.338 e. The summed E-state index contributed by atoms with van der Waals surface area (Å²) in [5, 5.41) is 1.92. The van der Waals surface area contributed by atoms with E-state index in [1.807, 2.05) is 24.3 Å². The van der Waals surface area contributed by atoms with Gasteiger partial charge in [0.05, 0.1) is 19.3 Å². The van der Waals surface area contributed by atoms with Crippen LogP contribution in [-0.2, 0) is 14.3 Å². The fourth-order valence-corrected chi connectivity index (χ4v) is 2.75. The van der Waals surface area contributed by atoms with Gasteiger partial charge in [0.25, 0.3) is 0 Å². The lowest BCUT2D eigenvalue weighted by atomic mass is 10.1. The SMILES string of the molecule is CCOC(=O)/C=C/[C@H](OC(=O)c1ccc2cc(OC)ccc2c1)C1CC1. The monoisotopic (exact) mass is 354 g/mol. The Morgan fingerprint density at radius 2 is 1.88 bits per heavy atom. The maximum atomic E-state index is 12.5. The molecule has 3 rings (SSSR count). The Labute approximate surface area is 152 Å². The minimum Gasteiger partial charge on any atom is -0.497 e. The molecule has 1 aliphatic rings. The molecule has 0 aromatic heterocycles. The second-order valence-electron chi connectivity index (χ2n) is 6.25. The van der Waals surface area contributed by atoms with Crippen LogP contribution in [0.2, 0.25) is 0 Å². The summed E-state index contributed by atoms with van der Waals surface area (Å²) in [5.41, 5.74) is 0.484. The number of hydrogen-bond donors (Lipinski definition) is 0. The lowest BCUT2D eigenvalue weighted by molar-refractivity contribution is -0.137. The number of esters is 2. The predicted octanol–water partition coefficient (Wildman–Crippen LogP) is 3.90. The number of fused-ring (bicyclic) bond motifs is 1. The highest BCUT2D eigenvalue weighted by molar-refractivity contribution is 5.96. The molecular formula is C21H22O5. The molecule has 1 fully saturated rings. The summed E-state index contributed by atoms with van der Waals surface area (Å²) in [6.07, 6.45) is 4.54. The molecule has 0 aliphatic heterocycles. The van der Waals surface area contributed by atoms with Crippen molar-refractivity contribution < 1.29 is 23.8 Å². The third-order valence-electron chi connectivity index (χ3n) is 4.32. The summed E-state index contributed by atoms with van der Waals surface area (Å²) < 4.78 is 15.7. The quantitative estimate of drug-likeness (QED) is 0.557. The molecule has 5 nitrogen and oxygen atoms in total. The minimum atomic E-state index is -0.422. The zero-order chi connectivity index (χ0) is 18.5. The number of carbonyl (C=O) groups excluding carboxylic acids is 2. The highest BCUT2D eigenvalue weighted by Crippen LogP contribution is 2.35. The highest BCUT2D eigenvalue weighted by Gasteiger charge is 2.32. The van der Waals surface area contributed by atoms with Crippen LogP contribution >= 0.6 is 0 Å². The van der Waals surface area contributed by atoms with Crippen molar-refractivity contribution in [3.8, 4) is 5.75 Å². The first kappa shape index (κ1) is 18.0. The van der Waals surface area contributed by atoms with E-state index in [9.17, 15) is 9.59 Å². The molecule has 0 bridgehead atoms. The molecule has 0 spiro atoms. The van der Waals surface area contributed by atoms with Crippen LogP contribution in [0.5, 0.6) is 5.75 Å². The first-order valence-corrected chi connectivity index (χ1v) is 8.74. The summed E-state index contributed by atoms with van der Waals surface area (Å²) in [5.74, 6) is 0.224. The molecule has 2 aromatic rings. The molecule has 26 heavy (non-hydrogen) atoms. The van der Waals surface area contributed by atoms with Gasteiger partial charge >= 0.3 is 11.9 Å². The van der Waals surface area contributed by atoms with E-state index in [-0.39, 0.29) is 5.92 Å². The number of methoxy groups -OCH3 is 1. The van der Waals surface area contributed by atoms with Gasteiger partial charge in [-0.3, -0.25) is 0 Å². The van der Waals surface area contributed by atoms with Gasteiger partial charge in [0.15, 0.2) is 0 Å². The number of rotatable bonds is 7. The molecule has 1 atom stereocenters. The first-order valence-electron chi connectivity index (χ1n) is 8.74. The minimum absolute atomic E-state index is 0.273. The van der Waals surface area contributed by atoms with Crippen LogP contribution in [-0.4, -0.2) is 31.8 Å². The third kappa shape index (κ3) is 4.42. The van der Waals surface area contributed by atoms with Crippen molar-refractivity contribution >= 4 is 22.7 Å². The smallest absolute Gasteiger partial charge is 0.338 e.